The van der Waals surface area contributed by atoms with Gasteiger partial charge in [-0.15, -0.1) is 11.8 Å². The van der Waals surface area contributed by atoms with Gasteiger partial charge in [0.15, 0.2) is 0 Å². The largest absolute Gasteiger partial charge is 0.318 e. The summed E-state index contributed by atoms with van der Waals surface area (Å²) in [6.07, 6.45) is 4.86. The number of benzene rings is 1. The molecule has 2 N–H and O–H groups in total. The van der Waals surface area contributed by atoms with Gasteiger partial charge in [0.25, 0.3) is 0 Å². The van der Waals surface area contributed by atoms with E-state index in [9.17, 15) is 8.42 Å². The Bertz CT molecular complexity index is 561. The van der Waals surface area contributed by atoms with Crippen LogP contribution in [0.3, 0.4) is 0 Å². The number of rotatable bonds is 6. The molecule has 1 saturated heterocycles. The van der Waals surface area contributed by atoms with Crippen LogP contribution in [-0.4, -0.2) is 45.2 Å². The summed E-state index contributed by atoms with van der Waals surface area (Å²) in [7, 11) is -1.65. The van der Waals surface area contributed by atoms with Crippen LogP contribution in [0, 0.1) is 0 Å². The summed E-state index contributed by atoms with van der Waals surface area (Å²) in [6.45, 7) is 1.27. The maximum absolute atomic E-state index is 12.7. The maximum Gasteiger partial charge on any atom is 0.301 e. The monoisotopic (exact) mass is 329 g/mol. The molecular formula is C14H23N3O2S2. The summed E-state index contributed by atoms with van der Waals surface area (Å²) in [5, 5.41) is 3.09. The van der Waals surface area contributed by atoms with Gasteiger partial charge in [-0.2, -0.15) is 12.7 Å². The number of thioether (sulfide) groups is 1. The molecule has 5 nitrogen and oxygen atoms in total. The quantitative estimate of drug-likeness (QED) is 0.785. The van der Waals surface area contributed by atoms with Gasteiger partial charge in [-0.05, 0) is 38.3 Å². The summed E-state index contributed by atoms with van der Waals surface area (Å²) in [5.74, 6) is 0. The Kier molecular flexibility index (Phi) is 5.92. The lowest BCUT2D eigenvalue weighted by Crippen LogP contribution is -2.49. The molecule has 1 unspecified atom stereocenters. The van der Waals surface area contributed by atoms with Crippen molar-refractivity contribution in [1.29, 1.82) is 0 Å². The molecule has 1 aliphatic heterocycles. The van der Waals surface area contributed by atoms with E-state index >= 15 is 0 Å². The zero-order valence-electron chi connectivity index (χ0n) is 12.5. The minimum Gasteiger partial charge on any atom is -0.318 e. The fourth-order valence-electron chi connectivity index (χ4n) is 2.66. The highest BCUT2D eigenvalue weighted by molar-refractivity contribution is 7.98. The zero-order valence-corrected chi connectivity index (χ0v) is 14.1. The number of anilines is 1. The van der Waals surface area contributed by atoms with Crippen LogP contribution in [0.25, 0.3) is 0 Å². The van der Waals surface area contributed by atoms with Crippen LogP contribution < -0.4 is 10.0 Å². The Hall–Kier alpha value is -0.760. The van der Waals surface area contributed by atoms with Crippen LogP contribution >= 0.6 is 11.8 Å². The van der Waals surface area contributed by atoms with Gasteiger partial charge in [-0.3, -0.25) is 4.72 Å². The molecule has 1 aliphatic rings. The lowest BCUT2D eigenvalue weighted by atomic mass is 10.1. The topological polar surface area (TPSA) is 61.4 Å². The first kappa shape index (κ1) is 16.6. The first-order chi connectivity index (χ1) is 10.1. The van der Waals surface area contributed by atoms with E-state index in [1.165, 1.54) is 11.8 Å². The highest BCUT2D eigenvalue weighted by Crippen LogP contribution is 2.28. The van der Waals surface area contributed by atoms with E-state index in [2.05, 4.69) is 10.0 Å². The average molecular weight is 329 g/mol. The molecule has 1 aromatic rings. The van der Waals surface area contributed by atoms with Crippen LogP contribution in [0.2, 0.25) is 0 Å². The zero-order chi connectivity index (χ0) is 15.3. The van der Waals surface area contributed by atoms with Gasteiger partial charge in [0.1, 0.15) is 0 Å². The Labute approximate surface area is 131 Å². The summed E-state index contributed by atoms with van der Waals surface area (Å²) < 4.78 is 29.7. The third kappa shape index (κ3) is 4.12. The van der Waals surface area contributed by atoms with Crippen molar-refractivity contribution in [2.24, 2.45) is 0 Å². The van der Waals surface area contributed by atoms with Crippen molar-refractivity contribution in [2.75, 3.05) is 31.1 Å². The number of likely N-dealkylation sites (N-methyl/N-ethyl adjacent to an activating group) is 1. The van der Waals surface area contributed by atoms with E-state index in [4.69, 9.17) is 0 Å². The number of nitrogens with one attached hydrogen (secondary N) is 2. The van der Waals surface area contributed by atoms with Crippen LogP contribution in [0.1, 0.15) is 19.3 Å². The van der Waals surface area contributed by atoms with Gasteiger partial charge in [0.2, 0.25) is 0 Å². The van der Waals surface area contributed by atoms with E-state index in [1.54, 1.807) is 10.4 Å². The molecule has 0 amide bonds. The Morgan fingerprint density at radius 2 is 2.10 bits per heavy atom. The highest BCUT2D eigenvalue weighted by Gasteiger charge is 2.32. The van der Waals surface area contributed by atoms with Gasteiger partial charge in [0, 0.05) is 24.0 Å². The standard InChI is InChI=1S/C14H23N3O2S2/c1-15-11-12-7-5-6-10-17(12)21(18,19)16-13-8-3-4-9-14(13)20-2/h3-4,8-9,12,15-16H,5-7,10-11H2,1-2H3. The van der Waals surface area contributed by atoms with Crippen molar-refractivity contribution >= 4 is 27.7 Å². The molecule has 0 radical (unpaired) electrons. The fourth-order valence-corrected chi connectivity index (χ4v) is 4.79. The lowest BCUT2D eigenvalue weighted by molar-refractivity contribution is 0.250. The van der Waals surface area contributed by atoms with Gasteiger partial charge in [-0.1, -0.05) is 18.6 Å². The minimum absolute atomic E-state index is 0.0303. The van der Waals surface area contributed by atoms with E-state index in [-0.39, 0.29) is 6.04 Å². The van der Waals surface area contributed by atoms with Gasteiger partial charge >= 0.3 is 10.2 Å². The Balaban J connectivity index is 2.20. The lowest BCUT2D eigenvalue weighted by Gasteiger charge is -2.34. The van der Waals surface area contributed by atoms with Crippen LogP contribution in [0.15, 0.2) is 29.2 Å². The summed E-state index contributed by atoms with van der Waals surface area (Å²) in [5.41, 5.74) is 0.652. The number of piperidine rings is 1. The van der Waals surface area contributed by atoms with Crippen LogP contribution in [0.4, 0.5) is 5.69 Å². The first-order valence-electron chi connectivity index (χ1n) is 7.15. The molecule has 1 heterocycles. The fraction of sp³-hybridized carbons (Fsp3) is 0.571. The smallest absolute Gasteiger partial charge is 0.301 e. The van der Waals surface area contributed by atoms with E-state index in [1.807, 2.05) is 31.5 Å². The second kappa shape index (κ2) is 7.49. The molecule has 0 saturated carbocycles. The summed E-state index contributed by atoms with van der Waals surface area (Å²) in [4.78, 5) is 0.934. The molecule has 0 spiro atoms. The third-order valence-corrected chi connectivity index (χ3v) is 6.04. The number of hydrogen-bond acceptors (Lipinski definition) is 4. The molecule has 21 heavy (non-hydrogen) atoms. The predicted octanol–water partition coefficient (Wildman–Crippen LogP) is 2.14. The molecule has 0 aromatic heterocycles. The third-order valence-electron chi connectivity index (χ3n) is 3.67. The number of nitrogens with zero attached hydrogens (tertiary/aromatic N) is 1. The molecule has 118 valence electrons. The predicted molar refractivity (Wildman–Crippen MR) is 89.0 cm³/mol. The van der Waals surface area contributed by atoms with E-state index in [0.717, 1.165) is 24.2 Å². The van der Waals surface area contributed by atoms with Crippen molar-refractivity contribution in [1.82, 2.24) is 9.62 Å². The molecule has 7 heteroatoms. The highest BCUT2D eigenvalue weighted by atomic mass is 32.2. The Morgan fingerprint density at radius 1 is 1.33 bits per heavy atom. The van der Waals surface area contributed by atoms with Crippen LogP contribution in [-0.2, 0) is 10.2 Å². The normalized spacial score (nSPS) is 20.4. The van der Waals surface area contributed by atoms with E-state index in [0.29, 0.717) is 18.8 Å². The van der Waals surface area contributed by atoms with E-state index < -0.39 is 10.2 Å². The molecule has 1 atom stereocenters. The molecule has 1 fully saturated rings. The molecule has 1 aromatic carbocycles. The second-order valence-electron chi connectivity index (χ2n) is 5.13. The van der Waals surface area contributed by atoms with Gasteiger partial charge < -0.3 is 5.32 Å². The van der Waals surface area contributed by atoms with Gasteiger partial charge in [-0.25, -0.2) is 0 Å². The average Bonchev–Trinajstić information content (AvgIpc) is 2.48. The van der Waals surface area contributed by atoms with Crippen molar-refractivity contribution in [3.05, 3.63) is 24.3 Å². The SMILES string of the molecule is CNCC1CCCCN1S(=O)(=O)Nc1ccccc1SC. The van der Waals surface area contributed by atoms with Gasteiger partial charge in [0.05, 0.1) is 5.69 Å². The molecule has 0 aliphatic carbocycles. The van der Waals surface area contributed by atoms with Crippen molar-refractivity contribution in [3.63, 3.8) is 0 Å². The number of hydrogen-bond donors (Lipinski definition) is 2. The second-order valence-corrected chi connectivity index (χ2v) is 7.60. The van der Waals surface area contributed by atoms with Crippen molar-refractivity contribution in [3.8, 4) is 0 Å². The summed E-state index contributed by atoms with van der Waals surface area (Å²) in [6, 6.07) is 7.51. The van der Waals surface area contributed by atoms with Crippen molar-refractivity contribution < 1.29 is 8.42 Å². The summed E-state index contributed by atoms with van der Waals surface area (Å²) >= 11 is 1.54. The van der Waals surface area contributed by atoms with Crippen LogP contribution in [0.5, 0.6) is 0 Å². The molecule has 2 rings (SSSR count). The Morgan fingerprint density at radius 3 is 2.81 bits per heavy atom. The maximum atomic E-state index is 12.7. The molecular weight excluding hydrogens is 306 g/mol. The van der Waals surface area contributed by atoms with Crippen molar-refractivity contribution in [2.45, 2.75) is 30.2 Å². The minimum atomic E-state index is -3.51. The first-order valence-corrected chi connectivity index (χ1v) is 9.82. The number of para-hydroxylation sites is 1. The molecule has 0 bridgehead atoms.